The molecule has 1 atom stereocenters. The van der Waals surface area contributed by atoms with Crippen molar-refractivity contribution in [2.24, 2.45) is 0 Å². The number of hydrogen-bond donors (Lipinski definition) is 0. The zero-order chi connectivity index (χ0) is 22.0. The van der Waals surface area contributed by atoms with Crippen LogP contribution >= 0.6 is 0 Å². The lowest BCUT2D eigenvalue weighted by atomic mass is 10.2. The van der Waals surface area contributed by atoms with Crippen LogP contribution in [0.4, 0.5) is 0 Å². The zero-order valence-corrected chi connectivity index (χ0v) is 17.4. The second kappa shape index (κ2) is 8.63. The van der Waals surface area contributed by atoms with Gasteiger partial charge in [-0.2, -0.15) is 0 Å². The summed E-state index contributed by atoms with van der Waals surface area (Å²) in [5, 5.41) is 0. The lowest BCUT2D eigenvalue weighted by molar-refractivity contribution is -0.132. The Bertz CT molecular complexity index is 1000. The lowest BCUT2D eigenvalue weighted by Crippen LogP contribution is -2.42. The van der Waals surface area contributed by atoms with Crippen molar-refractivity contribution in [3.8, 4) is 17.2 Å². The molecule has 9 nitrogen and oxygen atoms in total. The van der Waals surface area contributed by atoms with E-state index in [1.165, 1.54) is 25.4 Å². The summed E-state index contributed by atoms with van der Waals surface area (Å²) >= 11 is 0. The summed E-state index contributed by atoms with van der Waals surface area (Å²) in [6, 6.07) is 7.86. The molecule has 2 aromatic rings. The highest BCUT2D eigenvalue weighted by Crippen LogP contribution is 2.29. The highest BCUT2D eigenvalue weighted by Gasteiger charge is 2.31. The molecule has 2 aliphatic rings. The average Bonchev–Trinajstić information content (AvgIpc) is 3.04. The van der Waals surface area contributed by atoms with Crippen LogP contribution in [0.25, 0.3) is 0 Å². The van der Waals surface area contributed by atoms with E-state index >= 15 is 0 Å². The average molecular weight is 425 g/mol. The molecule has 2 aliphatic heterocycles. The number of esters is 1. The Balaban J connectivity index is 1.53. The molecule has 0 aliphatic carbocycles. The van der Waals surface area contributed by atoms with Gasteiger partial charge in [0.25, 0.3) is 11.8 Å². The Hall–Kier alpha value is -3.62. The summed E-state index contributed by atoms with van der Waals surface area (Å²) in [6.45, 7) is 2.11. The minimum Gasteiger partial charge on any atom is -0.480 e. The van der Waals surface area contributed by atoms with Crippen molar-refractivity contribution in [2.75, 3.05) is 33.8 Å². The van der Waals surface area contributed by atoms with Crippen LogP contribution in [0, 0.1) is 0 Å². The smallest absolute Gasteiger partial charge is 0.338 e. The molecule has 4 rings (SSSR count). The number of hydrogen-bond acceptors (Lipinski definition) is 7. The third-order valence-corrected chi connectivity index (χ3v) is 5.29. The molecule has 0 radical (unpaired) electrons. The molecule has 1 aromatic carbocycles. The molecule has 2 saturated heterocycles. The van der Waals surface area contributed by atoms with E-state index in [0.29, 0.717) is 35.9 Å². The van der Waals surface area contributed by atoms with Gasteiger partial charge in [-0.3, -0.25) is 9.59 Å². The minimum atomic E-state index is -0.612. The van der Waals surface area contributed by atoms with Gasteiger partial charge < -0.3 is 24.0 Å². The van der Waals surface area contributed by atoms with Crippen molar-refractivity contribution in [1.29, 1.82) is 0 Å². The SMILES string of the molecule is COC(=O)c1cc(Oc2ccc(C(=O)N3CCC3)nc2)cc(O[C@H]2CCN(C)C2=O)c1. The number of likely N-dealkylation sites (tertiary alicyclic amines) is 2. The third kappa shape index (κ3) is 4.45. The van der Waals surface area contributed by atoms with Crippen LogP contribution in [0.2, 0.25) is 0 Å². The van der Waals surface area contributed by atoms with Gasteiger partial charge in [0.15, 0.2) is 6.10 Å². The van der Waals surface area contributed by atoms with E-state index in [9.17, 15) is 14.4 Å². The van der Waals surface area contributed by atoms with Gasteiger partial charge in [0.05, 0.1) is 18.9 Å². The van der Waals surface area contributed by atoms with E-state index in [1.54, 1.807) is 35.0 Å². The normalized spacial score (nSPS) is 17.9. The summed E-state index contributed by atoms with van der Waals surface area (Å²) in [4.78, 5) is 44.0. The van der Waals surface area contributed by atoms with Crippen molar-refractivity contribution >= 4 is 17.8 Å². The van der Waals surface area contributed by atoms with Crippen molar-refractivity contribution in [1.82, 2.24) is 14.8 Å². The monoisotopic (exact) mass is 425 g/mol. The highest BCUT2D eigenvalue weighted by molar-refractivity contribution is 5.93. The molecular weight excluding hydrogens is 402 g/mol. The van der Waals surface area contributed by atoms with E-state index < -0.39 is 12.1 Å². The van der Waals surface area contributed by atoms with Crippen LogP contribution in [-0.2, 0) is 9.53 Å². The second-order valence-corrected chi connectivity index (χ2v) is 7.47. The molecule has 2 fully saturated rings. The Labute approximate surface area is 179 Å². The van der Waals surface area contributed by atoms with Crippen LogP contribution < -0.4 is 9.47 Å². The maximum Gasteiger partial charge on any atom is 0.338 e. The first kappa shape index (κ1) is 20.6. The van der Waals surface area contributed by atoms with E-state index in [2.05, 4.69) is 4.98 Å². The standard InChI is InChI=1S/C22H23N3O6/c1-24-9-6-19(21(24)27)31-17-11-14(22(28)29-2)10-16(12-17)30-15-4-5-18(23-13-15)20(26)25-7-3-8-25/h4-5,10-13,19H,3,6-9H2,1-2H3/t19-/m0/s1. The molecular formula is C22H23N3O6. The number of pyridine rings is 1. The molecule has 1 aromatic heterocycles. The molecule has 162 valence electrons. The molecule has 9 heteroatoms. The number of aromatic nitrogens is 1. The van der Waals surface area contributed by atoms with E-state index in [4.69, 9.17) is 14.2 Å². The summed E-state index contributed by atoms with van der Waals surface area (Å²) in [5.74, 6) is 0.262. The Morgan fingerprint density at radius 1 is 1.06 bits per heavy atom. The first-order chi connectivity index (χ1) is 14.9. The number of amides is 2. The number of carbonyl (C=O) groups excluding carboxylic acids is 3. The molecule has 31 heavy (non-hydrogen) atoms. The number of rotatable bonds is 6. The van der Waals surface area contributed by atoms with E-state index in [0.717, 1.165) is 19.5 Å². The number of likely N-dealkylation sites (N-methyl/N-ethyl adjacent to an activating group) is 1. The summed E-state index contributed by atoms with van der Waals surface area (Å²) in [5.41, 5.74) is 0.578. The van der Waals surface area contributed by atoms with Gasteiger partial charge in [0, 0.05) is 39.2 Å². The van der Waals surface area contributed by atoms with Gasteiger partial charge >= 0.3 is 5.97 Å². The highest BCUT2D eigenvalue weighted by atomic mass is 16.5. The zero-order valence-electron chi connectivity index (χ0n) is 17.4. The van der Waals surface area contributed by atoms with E-state index in [-0.39, 0.29) is 17.4 Å². The predicted octanol–water partition coefficient (Wildman–Crippen LogP) is 2.12. The number of benzene rings is 1. The number of methoxy groups -OCH3 is 1. The summed E-state index contributed by atoms with van der Waals surface area (Å²) in [6.07, 6.45) is 2.41. The minimum absolute atomic E-state index is 0.104. The number of ether oxygens (including phenoxy) is 3. The van der Waals surface area contributed by atoms with Crippen LogP contribution in [0.5, 0.6) is 17.2 Å². The fourth-order valence-corrected chi connectivity index (χ4v) is 3.38. The fourth-order valence-electron chi connectivity index (χ4n) is 3.38. The molecule has 0 bridgehead atoms. The van der Waals surface area contributed by atoms with Gasteiger partial charge in [-0.15, -0.1) is 0 Å². The number of nitrogens with zero attached hydrogens (tertiary/aromatic N) is 3. The van der Waals surface area contributed by atoms with Crippen LogP contribution in [0.3, 0.4) is 0 Å². The van der Waals surface area contributed by atoms with E-state index in [1.807, 2.05) is 0 Å². The lowest BCUT2D eigenvalue weighted by Gasteiger charge is -2.30. The van der Waals surface area contributed by atoms with Crippen molar-refractivity contribution in [2.45, 2.75) is 18.9 Å². The van der Waals surface area contributed by atoms with Gasteiger partial charge in [-0.25, -0.2) is 9.78 Å². The van der Waals surface area contributed by atoms with Crippen LogP contribution in [0.15, 0.2) is 36.5 Å². The van der Waals surface area contributed by atoms with Crippen molar-refractivity contribution < 1.29 is 28.6 Å². The van der Waals surface area contributed by atoms with Gasteiger partial charge in [-0.05, 0) is 30.7 Å². The molecule has 0 saturated carbocycles. The molecule has 3 heterocycles. The maximum absolute atomic E-state index is 12.2. The van der Waals surface area contributed by atoms with Gasteiger partial charge in [0.2, 0.25) is 0 Å². The molecule has 2 amide bonds. The topological polar surface area (TPSA) is 98.3 Å². The fraction of sp³-hybridized carbons (Fsp3) is 0.364. The molecule has 0 spiro atoms. The third-order valence-electron chi connectivity index (χ3n) is 5.29. The van der Waals surface area contributed by atoms with Crippen molar-refractivity contribution in [3.05, 3.63) is 47.8 Å². The Morgan fingerprint density at radius 3 is 2.42 bits per heavy atom. The van der Waals surface area contributed by atoms with Crippen LogP contribution in [-0.4, -0.2) is 72.5 Å². The second-order valence-electron chi connectivity index (χ2n) is 7.47. The summed E-state index contributed by atoms with van der Waals surface area (Å²) in [7, 11) is 3.00. The molecule has 0 unspecified atom stereocenters. The number of carbonyl (C=O) groups is 3. The quantitative estimate of drug-likeness (QED) is 0.654. The summed E-state index contributed by atoms with van der Waals surface area (Å²) < 4.78 is 16.5. The maximum atomic E-state index is 12.2. The Morgan fingerprint density at radius 2 is 1.84 bits per heavy atom. The largest absolute Gasteiger partial charge is 0.480 e. The molecule has 0 N–H and O–H groups in total. The predicted molar refractivity (Wildman–Crippen MR) is 109 cm³/mol. The van der Waals surface area contributed by atoms with Crippen LogP contribution in [0.1, 0.15) is 33.7 Å². The van der Waals surface area contributed by atoms with Gasteiger partial charge in [0.1, 0.15) is 22.9 Å². The van der Waals surface area contributed by atoms with Gasteiger partial charge in [-0.1, -0.05) is 0 Å². The first-order valence-electron chi connectivity index (χ1n) is 10.0. The van der Waals surface area contributed by atoms with Crippen molar-refractivity contribution in [3.63, 3.8) is 0 Å². The Kier molecular flexibility index (Phi) is 5.75. The first-order valence-corrected chi connectivity index (χ1v) is 10.0.